The van der Waals surface area contributed by atoms with Crippen molar-refractivity contribution in [3.63, 3.8) is 0 Å². The summed E-state index contributed by atoms with van der Waals surface area (Å²) < 4.78 is 16.2. The summed E-state index contributed by atoms with van der Waals surface area (Å²) in [7, 11) is 0. The van der Waals surface area contributed by atoms with E-state index >= 15 is 0 Å². The van der Waals surface area contributed by atoms with Crippen molar-refractivity contribution in [3.8, 4) is 0 Å². The van der Waals surface area contributed by atoms with Gasteiger partial charge in [0, 0.05) is 0 Å². The fraction of sp³-hybridized carbons (Fsp3) is 0.917. The zero-order chi connectivity index (χ0) is 13.9. The van der Waals surface area contributed by atoms with Crippen molar-refractivity contribution in [2.45, 2.75) is 46.5 Å². The lowest BCUT2D eigenvalue weighted by molar-refractivity contribution is -0.140. The van der Waals surface area contributed by atoms with Crippen molar-refractivity contribution in [2.24, 2.45) is 0 Å². The molecule has 108 valence electrons. The highest BCUT2D eigenvalue weighted by Crippen LogP contribution is 2.48. The maximum Gasteiger partial charge on any atom is 0.315 e. The molecule has 0 N–H and O–H groups in total. The van der Waals surface area contributed by atoms with E-state index in [1.165, 1.54) is 0 Å². The molecule has 0 heterocycles. The van der Waals surface area contributed by atoms with Crippen LogP contribution in [0.5, 0.6) is 0 Å². The van der Waals surface area contributed by atoms with Gasteiger partial charge in [-0.2, -0.15) is 0 Å². The van der Waals surface area contributed by atoms with E-state index in [0.717, 1.165) is 25.7 Å². The van der Waals surface area contributed by atoms with Crippen LogP contribution in [-0.4, -0.2) is 32.0 Å². The Morgan fingerprint density at radius 2 is 1.56 bits per heavy atom. The second-order valence-electron chi connectivity index (χ2n) is 3.95. The van der Waals surface area contributed by atoms with Gasteiger partial charge in [-0.15, -0.1) is 0 Å². The third-order valence-electron chi connectivity index (χ3n) is 2.20. The van der Waals surface area contributed by atoms with Gasteiger partial charge in [0.15, 0.2) is 6.49 Å². The number of carbonyl (C=O) groups is 1. The molecule has 0 rings (SSSR count). The molecule has 0 aliphatic carbocycles. The maximum atomic E-state index is 11.5. The monoisotopic (exact) mass is 296 g/mol. The van der Waals surface area contributed by atoms with Gasteiger partial charge in [0.2, 0.25) is 0 Å². The minimum Gasteiger partial charge on any atom is -0.466 e. The van der Waals surface area contributed by atoms with Crippen LogP contribution in [0.4, 0.5) is 0 Å². The van der Waals surface area contributed by atoms with E-state index in [-0.39, 0.29) is 12.1 Å². The predicted molar refractivity (Wildman–Crippen MR) is 77.5 cm³/mol. The third-order valence-corrected chi connectivity index (χ3v) is 5.02. The maximum absolute atomic E-state index is 11.5. The van der Waals surface area contributed by atoms with Crippen molar-refractivity contribution in [1.29, 1.82) is 0 Å². The second-order valence-corrected chi connectivity index (χ2v) is 7.67. The molecule has 0 bridgehead atoms. The van der Waals surface area contributed by atoms with Gasteiger partial charge < -0.3 is 13.8 Å². The standard InChI is InChI=1S/C12H25O4PS/c1-4-7-9-15-17(18,16-10-8-5-2)11-12(13)14-6-3/h4-11H2,1-3H3. The topological polar surface area (TPSA) is 44.8 Å². The van der Waals surface area contributed by atoms with Gasteiger partial charge in [-0.1, -0.05) is 26.7 Å². The number of hydrogen-bond acceptors (Lipinski definition) is 5. The molecule has 4 nitrogen and oxygen atoms in total. The molecule has 0 spiro atoms. The number of ether oxygens (including phenoxy) is 1. The molecule has 0 radical (unpaired) electrons. The Balaban J connectivity index is 4.28. The minimum atomic E-state index is -2.51. The van der Waals surface area contributed by atoms with Crippen LogP contribution in [0.15, 0.2) is 0 Å². The van der Waals surface area contributed by atoms with Gasteiger partial charge in [0.1, 0.15) is 6.16 Å². The van der Waals surface area contributed by atoms with Crippen LogP contribution >= 0.6 is 6.49 Å². The van der Waals surface area contributed by atoms with Crippen LogP contribution in [0.2, 0.25) is 0 Å². The lowest BCUT2D eigenvalue weighted by Crippen LogP contribution is -2.13. The van der Waals surface area contributed by atoms with Crippen LogP contribution in [-0.2, 0) is 30.4 Å². The lowest BCUT2D eigenvalue weighted by Gasteiger charge is -2.21. The lowest BCUT2D eigenvalue weighted by atomic mass is 10.4. The summed E-state index contributed by atoms with van der Waals surface area (Å²) in [5.41, 5.74) is 0. The number of esters is 1. The fourth-order valence-electron chi connectivity index (χ4n) is 1.19. The molecule has 0 fully saturated rings. The molecule has 0 amide bonds. The SMILES string of the molecule is CCCCOP(=S)(CC(=O)OCC)OCCCC. The van der Waals surface area contributed by atoms with Gasteiger partial charge in [-0.3, -0.25) is 4.79 Å². The zero-order valence-corrected chi connectivity index (χ0v) is 13.4. The van der Waals surface area contributed by atoms with Crippen LogP contribution in [0.3, 0.4) is 0 Å². The average Bonchev–Trinajstić information content (AvgIpc) is 2.30. The molecule has 0 aliphatic rings. The van der Waals surface area contributed by atoms with Crippen molar-refractivity contribution >= 4 is 24.3 Å². The van der Waals surface area contributed by atoms with Crippen molar-refractivity contribution in [1.82, 2.24) is 0 Å². The Morgan fingerprint density at radius 1 is 1.06 bits per heavy atom. The Kier molecular flexibility index (Phi) is 10.9. The van der Waals surface area contributed by atoms with Crippen molar-refractivity contribution in [3.05, 3.63) is 0 Å². The zero-order valence-electron chi connectivity index (χ0n) is 11.6. The second kappa shape index (κ2) is 10.9. The summed E-state index contributed by atoms with van der Waals surface area (Å²) in [4.78, 5) is 11.5. The fourth-order valence-corrected chi connectivity index (χ4v) is 3.43. The molecular formula is C12H25O4PS. The molecule has 0 aromatic heterocycles. The van der Waals surface area contributed by atoms with E-state index in [9.17, 15) is 4.79 Å². The van der Waals surface area contributed by atoms with Crippen LogP contribution in [0.1, 0.15) is 46.5 Å². The first-order chi connectivity index (χ1) is 8.58. The molecular weight excluding hydrogens is 271 g/mol. The molecule has 6 heteroatoms. The average molecular weight is 296 g/mol. The van der Waals surface area contributed by atoms with Crippen molar-refractivity contribution in [2.75, 3.05) is 26.0 Å². The summed E-state index contributed by atoms with van der Waals surface area (Å²) in [6, 6.07) is 0. The first-order valence-corrected chi connectivity index (χ1v) is 9.44. The molecule has 0 aliphatic heterocycles. The Bertz CT molecular complexity index is 257. The number of rotatable bonds is 11. The first-order valence-electron chi connectivity index (χ1n) is 6.61. The molecule has 0 aromatic rings. The highest BCUT2D eigenvalue weighted by atomic mass is 32.5. The molecule has 0 saturated heterocycles. The number of hydrogen-bond donors (Lipinski definition) is 0. The minimum absolute atomic E-state index is 0.0730. The van der Waals surface area contributed by atoms with E-state index in [2.05, 4.69) is 13.8 Å². The molecule has 18 heavy (non-hydrogen) atoms. The summed E-state index contributed by atoms with van der Waals surface area (Å²) in [6.07, 6.45) is 3.99. The molecule has 0 aromatic carbocycles. The predicted octanol–water partition coefficient (Wildman–Crippen LogP) is 3.49. The van der Waals surface area contributed by atoms with Crippen LogP contribution in [0.25, 0.3) is 0 Å². The van der Waals surface area contributed by atoms with Crippen molar-refractivity contribution < 1.29 is 18.6 Å². The van der Waals surface area contributed by atoms with E-state index in [0.29, 0.717) is 19.8 Å². The highest BCUT2D eigenvalue weighted by Gasteiger charge is 2.24. The van der Waals surface area contributed by atoms with Crippen LogP contribution < -0.4 is 0 Å². The van der Waals surface area contributed by atoms with Crippen LogP contribution in [0, 0.1) is 0 Å². The Labute approximate surface area is 116 Å². The normalized spacial score (nSPS) is 11.5. The smallest absolute Gasteiger partial charge is 0.315 e. The van der Waals surface area contributed by atoms with E-state index in [1.807, 2.05) is 0 Å². The highest BCUT2D eigenvalue weighted by molar-refractivity contribution is 8.10. The summed E-state index contributed by atoms with van der Waals surface area (Å²) in [5.74, 6) is -0.325. The summed E-state index contributed by atoms with van der Waals surface area (Å²) in [6.45, 7) is 4.90. The Morgan fingerprint density at radius 3 is 1.94 bits per heavy atom. The first kappa shape index (κ1) is 18.0. The van der Waals surface area contributed by atoms with Gasteiger partial charge in [0.25, 0.3) is 0 Å². The summed E-state index contributed by atoms with van der Waals surface area (Å²) >= 11 is 5.38. The summed E-state index contributed by atoms with van der Waals surface area (Å²) in [5, 5.41) is 0. The molecule has 0 atom stereocenters. The van der Waals surface area contributed by atoms with E-state index in [1.54, 1.807) is 6.92 Å². The number of carbonyl (C=O) groups excluding carboxylic acids is 1. The van der Waals surface area contributed by atoms with E-state index < -0.39 is 6.49 Å². The molecule has 0 saturated carbocycles. The molecule has 0 unspecified atom stereocenters. The number of unbranched alkanes of at least 4 members (excludes halogenated alkanes) is 2. The quantitative estimate of drug-likeness (QED) is 0.332. The third kappa shape index (κ3) is 9.03. The van der Waals surface area contributed by atoms with Gasteiger partial charge >= 0.3 is 5.97 Å². The largest absolute Gasteiger partial charge is 0.466 e. The van der Waals surface area contributed by atoms with Gasteiger partial charge in [-0.25, -0.2) is 0 Å². The Hall–Kier alpha value is 0.0400. The van der Waals surface area contributed by atoms with Gasteiger partial charge in [-0.05, 0) is 31.6 Å². The van der Waals surface area contributed by atoms with Gasteiger partial charge in [0.05, 0.1) is 19.8 Å². The van der Waals surface area contributed by atoms with E-state index in [4.69, 9.17) is 25.6 Å².